The van der Waals surface area contributed by atoms with Gasteiger partial charge in [0.15, 0.2) is 0 Å². The molecule has 0 aliphatic carbocycles. The van der Waals surface area contributed by atoms with E-state index in [2.05, 4.69) is 4.98 Å². The average Bonchev–Trinajstić information content (AvgIpc) is 2.89. The van der Waals surface area contributed by atoms with Gasteiger partial charge in [0.25, 0.3) is 0 Å². The lowest BCUT2D eigenvalue weighted by molar-refractivity contribution is -0.192. The van der Waals surface area contributed by atoms with Gasteiger partial charge >= 0.3 is 12.1 Å². The number of carbonyl (C=O) groups is 2. The van der Waals surface area contributed by atoms with Crippen molar-refractivity contribution in [3.05, 3.63) is 30.2 Å². The van der Waals surface area contributed by atoms with Crippen molar-refractivity contribution in [1.82, 2.24) is 14.2 Å². The topological polar surface area (TPSA) is 152 Å². The van der Waals surface area contributed by atoms with Gasteiger partial charge in [0.1, 0.15) is 11.5 Å². The van der Waals surface area contributed by atoms with Crippen LogP contribution < -0.4 is 10.5 Å². The zero-order chi connectivity index (χ0) is 27.6. The molecule has 3 N–H and O–H groups in total. The molecule has 0 radical (unpaired) electrons. The number of nitrogens with two attached hydrogens (primary N) is 1. The Kier molecular flexibility index (Phi) is 11.2. The molecule has 2 aliphatic heterocycles. The number of rotatable bonds is 7. The number of pyridine rings is 1. The number of amides is 1. The van der Waals surface area contributed by atoms with Gasteiger partial charge in [-0.25, -0.2) is 22.6 Å². The van der Waals surface area contributed by atoms with Crippen LogP contribution in [-0.2, 0) is 24.3 Å². The van der Waals surface area contributed by atoms with Crippen LogP contribution in [0.1, 0.15) is 12.8 Å². The van der Waals surface area contributed by atoms with Crippen molar-refractivity contribution in [2.24, 2.45) is 11.7 Å². The van der Waals surface area contributed by atoms with Gasteiger partial charge in [-0.3, -0.25) is 4.79 Å². The predicted octanol–water partition coefficient (Wildman–Crippen LogP) is 1.17. The maximum absolute atomic E-state index is 12.9. The van der Waals surface area contributed by atoms with Crippen molar-refractivity contribution in [2.75, 3.05) is 52.5 Å². The van der Waals surface area contributed by atoms with Gasteiger partial charge < -0.3 is 25.2 Å². The fourth-order valence-corrected chi connectivity index (χ4v) is 4.86. The number of sulfonamides is 1. The number of ether oxygens (including phenoxy) is 2. The largest absolute Gasteiger partial charge is 0.490 e. The van der Waals surface area contributed by atoms with E-state index in [-0.39, 0.29) is 54.4 Å². The van der Waals surface area contributed by atoms with Gasteiger partial charge in [0.05, 0.1) is 25.7 Å². The average molecular weight is 557 g/mol. The van der Waals surface area contributed by atoms with Crippen LogP contribution in [0.15, 0.2) is 35.1 Å². The summed E-state index contributed by atoms with van der Waals surface area (Å²) in [5.41, 5.74) is 5.63. The van der Waals surface area contributed by atoms with Crippen LogP contribution >= 0.6 is 0 Å². The van der Waals surface area contributed by atoms with E-state index in [9.17, 15) is 30.8 Å². The number of alkyl halides is 3. The third-order valence-electron chi connectivity index (χ3n) is 5.54. The molecular formula is C21H28F4N4O7S. The molecule has 208 valence electrons. The molecule has 0 spiro atoms. The molecule has 2 fully saturated rings. The number of carboxylic acid groups (broad SMARTS) is 1. The highest BCUT2D eigenvalue weighted by atomic mass is 32.2. The Labute approximate surface area is 210 Å². The molecule has 0 bridgehead atoms. The highest BCUT2D eigenvalue weighted by Gasteiger charge is 2.38. The SMILES string of the molecule is NC/C(=C\F)COc1ccc(S(=O)(=O)N2CCC(C(=O)N3CCOCC3)CC2)cn1.O=C(O)C(F)(F)F. The number of carboxylic acids is 1. The van der Waals surface area contributed by atoms with E-state index < -0.39 is 22.2 Å². The first kappa shape index (κ1) is 30.4. The van der Waals surface area contributed by atoms with E-state index in [0.29, 0.717) is 45.5 Å². The summed E-state index contributed by atoms with van der Waals surface area (Å²) in [5.74, 6) is -2.66. The van der Waals surface area contributed by atoms with Crippen LogP contribution in [0.5, 0.6) is 5.88 Å². The number of halogens is 4. The summed E-state index contributed by atoms with van der Waals surface area (Å²) in [6, 6.07) is 2.83. The number of carbonyl (C=O) groups excluding carboxylic acids is 1. The standard InChI is InChI=1S/C19H27FN4O5S.C2HF3O2/c20-11-15(12-21)14-29-18-2-1-17(13-22-18)30(26,27)24-5-3-16(4-6-24)19(25)23-7-9-28-10-8-23;3-2(4,5)1(6)7/h1-2,11,13,16H,3-10,12,14,21H2;(H,6,7)/b15-11+;. The van der Waals surface area contributed by atoms with Gasteiger partial charge in [-0.2, -0.15) is 17.5 Å². The highest BCUT2D eigenvalue weighted by molar-refractivity contribution is 7.89. The van der Waals surface area contributed by atoms with Crippen molar-refractivity contribution in [3.8, 4) is 5.88 Å². The summed E-state index contributed by atoms with van der Waals surface area (Å²) in [6.45, 7) is 2.79. The molecule has 3 rings (SSSR count). The van der Waals surface area contributed by atoms with Crippen molar-refractivity contribution in [3.63, 3.8) is 0 Å². The van der Waals surface area contributed by atoms with Crippen molar-refractivity contribution in [1.29, 1.82) is 0 Å². The predicted molar refractivity (Wildman–Crippen MR) is 121 cm³/mol. The number of aliphatic carboxylic acids is 1. The van der Waals surface area contributed by atoms with Crippen LogP contribution in [-0.4, -0.2) is 98.3 Å². The Morgan fingerprint density at radius 1 is 1.19 bits per heavy atom. The minimum Gasteiger partial charge on any atom is -0.475 e. The minimum atomic E-state index is -5.08. The molecule has 1 aromatic rings. The second kappa shape index (κ2) is 13.6. The second-order valence-electron chi connectivity index (χ2n) is 8.01. The molecule has 0 atom stereocenters. The molecule has 16 heteroatoms. The monoisotopic (exact) mass is 556 g/mol. The Balaban J connectivity index is 0.000000604. The number of aromatic nitrogens is 1. The Hall–Kier alpha value is -2.82. The molecule has 0 saturated carbocycles. The fourth-order valence-electron chi connectivity index (χ4n) is 3.44. The first-order valence-electron chi connectivity index (χ1n) is 11.1. The van der Waals surface area contributed by atoms with Crippen molar-refractivity contribution < 1.29 is 50.1 Å². The van der Waals surface area contributed by atoms with Gasteiger partial charge in [0.2, 0.25) is 21.8 Å². The summed E-state index contributed by atoms with van der Waals surface area (Å²) in [4.78, 5) is 27.4. The van der Waals surface area contributed by atoms with Crippen LogP contribution in [0.25, 0.3) is 0 Å². The Morgan fingerprint density at radius 2 is 1.78 bits per heavy atom. The maximum Gasteiger partial charge on any atom is 0.490 e. The van der Waals surface area contributed by atoms with Crippen molar-refractivity contribution >= 4 is 21.9 Å². The van der Waals surface area contributed by atoms with Gasteiger partial charge in [-0.1, -0.05) is 0 Å². The number of hydrogen-bond donors (Lipinski definition) is 2. The van der Waals surface area contributed by atoms with Gasteiger partial charge in [-0.15, -0.1) is 0 Å². The zero-order valence-electron chi connectivity index (χ0n) is 19.7. The molecule has 3 heterocycles. The molecule has 2 aliphatic rings. The summed E-state index contributed by atoms with van der Waals surface area (Å²) >= 11 is 0. The van der Waals surface area contributed by atoms with E-state index in [4.69, 9.17) is 25.1 Å². The molecular weight excluding hydrogens is 528 g/mol. The molecule has 11 nitrogen and oxygen atoms in total. The number of nitrogens with zero attached hydrogens (tertiary/aromatic N) is 3. The summed E-state index contributed by atoms with van der Waals surface area (Å²) in [7, 11) is -3.71. The Morgan fingerprint density at radius 3 is 2.24 bits per heavy atom. The number of piperidine rings is 1. The Bertz CT molecular complexity index is 1040. The first-order valence-corrected chi connectivity index (χ1v) is 12.6. The molecule has 2 saturated heterocycles. The normalized spacial score (nSPS) is 18.1. The molecule has 37 heavy (non-hydrogen) atoms. The van der Waals surface area contributed by atoms with E-state index in [1.54, 1.807) is 4.90 Å². The lowest BCUT2D eigenvalue weighted by Gasteiger charge is -2.35. The first-order chi connectivity index (χ1) is 17.4. The lowest BCUT2D eigenvalue weighted by Crippen LogP contribution is -2.47. The highest BCUT2D eigenvalue weighted by Crippen LogP contribution is 2.26. The minimum absolute atomic E-state index is 0.0208. The lowest BCUT2D eigenvalue weighted by atomic mass is 9.96. The van der Waals surface area contributed by atoms with Crippen LogP contribution in [0, 0.1) is 5.92 Å². The number of hydrogen-bond acceptors (Lipinski definition) is 8. The van der Waals surface area contributed by atoms with E-state index in [0.717, 1.165) is 0 Å². The van der Waals surface area contributed by atoms with E-state index >= 15 is 0 Å². The smallest absolute Gasteiger partial charge is 0.475 e. The molecule has 0 aromatic carbocycles. The third-order valence-corrected chi connectivity index (χ3v) is 7.42. The summed E-state index contributed by atoms with van der Waals surface area (Å²) in [6.07, 6.45) is -2.51. The number of morpholine rings is 1. The van der Waals surface area contributed by atoms with Gasteiger partial charge in [-0.05, 0) is 18.9 Å². The summed E-state index contributed by atoms with van der Waals surface area (Å²) in [5, 5.41) is 7.12. The molecule has 0 unspecified atom stereocenters. The van der Waals surface area contributed by atoms with Crippen LogP contribution in [0.3, 0.4) is 0 Å². The maximum atomic E-state index is 12.9. The third kappa shape index (κ3) is 8.91. The van der Waals surface area contributed by atoms with E-state index in [1.807, 2.05) is 0 Å². The fraction of sp³-hybridized carbons (Fsp3) is 0.571. The quantitative estimate of drug-likeness (QED) is 0.471. The van der Waals surface area contributed by atoms with Crippen molar-refractivity contribution in [2.45, 2.75) is 23.9 Å². The van der Waals surface area contributed by atoms with Crippen LogP contribution in [0.2, 0.25) is 0 Å². The van der Waals surface area contributed by atoms with Gasteiger partial charge in [0, 0.05) is 50.3 Å². The molecule has 1 amide bonds. The molecule has 1 aromatic heterocycles. The zero-order valence-corrected chi connectivity index (χ0v) is 20.5. The van der Waals surface area contributed by atoms with Crippen LogP contribution in [0.4, 0.5) is 17.6 Å². The summed E-state index contributed by atoms with van der Waals surface area (Å²) < 4.78 is 82.0. The van der Waals surface area contributed by atoms with E-state index in [1.165, 1.54) is 22.6 Å². The second-order valence-corrected chi connectivity index (χ2v) is 9.95.